The zero-order valence-corrected chi connectivity index (χ0v) is 14.1. The zero-order valence-electron chi connectivity index (χ0n) is 13.3. The van der Waals surface area contributed by atoms with E-state index in [0.717, 1.165) is 6.07 Å². The number of anilines is 1. The lowest BCUT2D eigenvalue weighted by molar-refractivity contribution is -0.134. The van der Waals surface area contributed by atoms with Gasteiger partial charge in [0.2, 0.25) is 0 Å². The number of halogens is 3. The highest BCUT2D eigenvalue weighted by Gasteiger charge is 2.32. The first-order chi connectivity index (χ1) is 12.4. The number of para-hydroxylation sites is 2. The van der Waals surface area contributed by atoms with Crippen molar-refractivity contribution in [1.29, 1.82) is 0 Å². The van der Waals surface area contributed by atoms with Gasteiger partial charge in [0.25, 0.3) is 5.91 Å². The fourth-order valence-corrected chi connectivity index (χ4v) is 2.95. The first kappa shape index (κ1) is 17.9. The predicted molar refractivity (Wildman–Crippen MR) is 97.4 cm³/mol. The van der Waals surface area contributed by atoms with Crippen LogP contribution in [0.2, 0.25) is 0 Å². The number of nitrogens with one attached hydrogen (secondary N) is 1. The zero-order chi connectivity index (χ0) is 18.6. The summed E-state index contributed by atoms with van der Waals surface area (Å²) in [4.78, 5) is 16.3. The minimum atomic E-state index is -4.37. The minimum absolute atomic E-state index is 0.334. The Hall–Kier alpha value is -2.93. The summed E-state index contributed by atoms with van der Waals surface area (Å²) >= 11 is 0.601. The maximum Gasteiger partial charge on any atom is 0.425 e. The Morgan fingerprint density at radius 3 is 2.35 bits per heavy atom. The summed E-state index contributed by atoms with van der Waals surface area (Å²) in [7, 11) is 0. The second-order valence-corrected chi connectivity index (χ2v) is 6.41. The molecule has 1 aromatic heterocycles. The van der Waals surface area contributed by atoms with Crippen molar-refractivity contribution in [2.24, 2.45) is 4.99 Å². The van der Waals surface area contributed by atoms with E-state index in [0.29, 0.717) is 33.2 Å². The fourth-order valence-electron chi connectivity index (χ4n) is 2.21. The molecule has 132 valence electrons. The molecule has 0 fully saturated rings. The summed E-state index contributed by atoms with van der Waals surface area (Å²) in [6, 6.07) is 18.0. The van der Waals surface area contributed by atoms with Crippen LogP contribution >= 0.6 is 11.3 Å². The van der Waals surface area contributed by atoms with E-state index in [1.54, 1.807) is 48.5 Å². The van der Waals surface area contributed by atoms with Gasteiger partial charge < -0.3 is 5.32 Å². The van der Waals surface area contributed by atoms with Gasteiger partial charge in [-0.15, -0.1) is 11.3 Å². The van der Waals surface area contributed by atoms with Crippen LogP contribution in [0.4, 0.5) is 24.5 Å². The third-order valence-corrected chi connectivity index (χ3v) is 4.48. The van der Waals surface area contributed by atoms with Crippen LogP contribution in [0, 0.1) is 0 Å². The van der Waals surface area contributed by atoms with Gasteiger partial charge in [-0.25, -0.2) is 0 Å². The number of carbonyl (C=O) groups excluding carboxylic acids is 1. The molecule has 0 atom stereocenters. The molecule has 0 aliphatic heterocycles. The van der Waals surface area contributed by atoms with Gasteiger partial charge in [-0.2, -0.15) is 13.2 Å². The third kappa shape index (κ3) is 4.37. The fraction of sp³-hybridized carbons (Fsp3) is 0.0526. The second kappa shape index (κ2) is 7.53. The normalized spacial score (nSPS) is 11.7. The molecule has 0 saturated heterocycles. The maximum atomic E-state index is 12.7. The quantitative estimate of drug-likeness (QED) is 0.579. The Kier molecular flexibility index (Phi) is 5.18. The van der Waals surface area contributed by atoms with Crippen LogP contribution in [0.25, 0.3) is 0 Å². The Balaban J connectivity index is 1.81. The van der Waals surface area contributed by atoms with Gasteiger partial charge in [-0.3, -0.25) is 9.79 Å². The Morgan fingerprint density at radius 2 is 1.65 bits per heavy atom. The van der Waals surface area contributed by atoms with Gasteiger partial charge in [-0.1, -0.05) is 30.3 Å². The molecule has 26 heavy (non-hydrogen) atoms. The van der Waals surface area contributed by atoms with E-state index in [9.17, 15) is 18.0 Å². The van der Waals surface area contributed by atoms with Gasteiger partial charge in [-0.05, 0) is 36.4 Å². The molecule has 3 nitrogen and oxygen atoms in total. The molecule has 0 unspecified atom stereocenters. The van der Waals surface area contributed by atoms with E-state index >= 15 is 0 Å². The molecular formula is C19H13F3N2OS. The molecule has 0 aliphatic carbocycles. The van der Waals surface area contributed by atoms with Crippen molar-refractivity contribution in [1.82, 2.24) is 0 Å². The molecule has 7 heteroatoms. The molecule has 0 radical (unpaired) electrons. The number of amides is 1. The van der Waals surface area contributed by atoms with Crippen molar-refractivity contribution in [2.75, 3.05) is 5.32 Å². The lowest BCUT2D eigenvalue weighted by Crippen LogP contribution is -2.11. The molecule has 3 aromatic rings. The average Bonchev–Trinajstić information content (AvgIpc) is 3.10. The molecule has 0 aliphatic rings. The molecule has 1 heterocycles. The summed E-state index contributed by atoms with van der Waals surface area (Å²) in [6.07, 6.45) is -3.04. The maximum absolute atomic E-state index is 12.7. The van der Waals surface area contributed by atoms with E-state index in [2.05, 4.69) is 10.3 Å². The Morgan fingerprint density at radius 1 is 0.962 bits per heavy atom. The van der Waals surface area contributed by atoms with E-state index in [1.807, 2.05) is 6.07 Å². The summed E-state index contributed by atoms with van der Waals surface area (Å²) < 4.78 is 38.0. The number of rotatable bonds is 4. The van der Waals surface area contributed by atoms with E-state index in [-0.39, 0.29) is 5.91 Å². The van der Waals surface area contributed by atoms with Gasteiger partial charge >= 0.3 is 6.18 Å². The predicted octanol–water partition coefficient (Wildman–Crippen LogP) is 5.77. The van der Waals surface area contributed by atoms with Crippen molar-refractivity contribution < 1.29 is 18.0 Å². The molecule has 2 aromatic carbocycles. The number of thiophene rings is 1. The van der Waals surface area contributed by atoms with Gasteiger partial charge in [0.15, 0.2) is 0 Å². The van der Waals surface area contributed by atoms with Crippen molar-refractivity contribution in [3.05, 3.63) is 82.0 Å². The number of carbonyl (C=O) groups is 1. The first-order valence-electron chi connectivity index (χ1n) is 7.60. The Labute approximate surface area is 151 Å². The van der Waals surface area contributed by atoms with Crippen LogP contribution in [0.5, 0.6) is 0 Å². The molecular weight excluding hydrogens is 361 g/mol. The highest BCUT2D eigenvalue weighted by Crippen LogP contribution is 2.34. The number of alkyl halides is 3. The topological polar surface area (TPSA) is 41.5 Å². The second-order valence-electron chi connectivity index (χ2n) is 5.30. The first-order valence-corrected chi connectivity index (χ1v) is 8.42. The number of benzene rings is 2. The van der Waals surface area contributed by atoms with Crippen LogP contribution in [0.1, 0.15) is 20.1 Å². The van der Waals surface area contributed by atoms with E-state index < -0.39 is 11.1 Å². The van der Waals surface area contributed by atoms with Crippen molar-refractivity contribution >= 4 is 34.8 Å². The van der Waals surface area contributed by atoms with Crippen LogP contribution in [0.3, 0.4) is 0 Å². The van der Waals surface area contributed by atoms with E-state index in [4.69, 9.17) is 0 Å². The van der Waals surface area contributed by atoms with E-state index in [1.165, 1.54) is 12.3 Å². The summed E-state index contributed by atoms with van der Waals surface area (Å²) in [6.45, 7) is 0. The summed E-state index contributed by atoms with van der Waals surface area (Å²) in [5.41, 5.74) is 1.35. The highest BCUT2D eigenvalue weighted by molar-refractivity contribution is 7.13. The molecule has 1 amide bonds. The average molecular weight is 374 g/mol. The third-order valence-electron chi connectivity index (χ3n) is 3.42. The number of hydrogen-bond donors (Lipinski definition) is 1. The van der Waals surface area contributed by atoms with Crippen LogP contribution in [0.15, 0.2) is 71.7 Å². The standard InChI is InChI=1S/C19H13F3N2OS/c20-19(21,22)17-11-10-14(26-17)12-23-16-9-5-4-8-15(16)18(25)24-13-6-2-1-3-7-13/h1-12H,(H,24,25). The summed E-state index contributed by atoms with van der Waals surface area (Å²) in [5, 5.41) is 2.76. The van der Waals surface area contributed by atoms with Gasteiger partial charge in [0.05, 0.1) is 11.3 Å². The molecule has 0 saturated carbocycles. The van der Waals surface area contributed by atoms with Crippen LogP contribution < -0.4 is 5.32 Å². The lowest BCUT2D eigenvalue weighted by Gasteiger charge is -2.07. The minimum Gasteiger partial charge on any atom is -0.322 e. The largest absolute Gasteiger partial charge is 0.425 e. The molecule has 1 N–H and O–H groups in total. The van der Waals surface area contributed by atoms with Crippen LogP contribution in [-0.2, 0) is 6.18 Å². The summed E-state index contributed by atoms with van der Waals surface area (Å²) in [5.74, 6) is -0.342. The van der Waals surface area contributed by atoms with Gasteiger partial charge in [0.1, 0.15) is 4.88 Å². The highest BCUT2D eigenvalue weighted by atomic mass is 32.1. The van der Waals surface area contributed by atoms with Crippen molar-refractivity contribution in [3.63, 3.8) is 0 Å². The number of nitrogens with zero attached hydrogens (tertiary/aromatic N) is 1. The molecule has 3 rings (SSSR count). The monoisotopic (exact) mass is 374 g/mol. The molecule has 0 bridgehead atoms. The lowest BCUT2D eigenvalue weighted by atomic mass is 10.1. The number of aliphatic imine (C=N–C) groups is 1. The number of hydrogen-bond acceptors (Lipinski definition) is 3. The van der Waals surface area contributed by atoms with Gasteiger partial charge in [0, 0.05) is 16.8 Å². The van der Waals surface area contributed by atoms with Crippen molar-refractivity contribution in [2.45, 2.75) is 6.18 Å². The Bertz CT molecular complexity index is 933. The van der Waals surface area contributed by atoms with Crippen molar-refractivity contribution in [3.8, 4) is 0 Å². The smallest absolute Gasteiger partial charge is 0.322 e. The molecule has 0 spiro atoms. The SMILES string of the molecule is O=C(Nc1ccccc1)c1ccccc1N=Cc1ccc(C(F)(F)F)s1. The van der Waals surface area contributed by atoms with Crippen LogP contribution in [-0.4, -0.2) is 12.1 Å².